The Bertz CT molecular complexity index is 1050. The van der Waals surface area contributed by atoms with Crippen molar-refractivity contribution >= 4 is 9.84 Å². The van der Waals surface area contributed by atoms with Gasteiger partial charge in [0.1, 0.15) is 17.4 Å². The molecule has 0 bridgehead atoms. The fraction of sp³-hybridized carbons (Fsp3) is 0.235. The third-order valence-electron chi connectivity index (χ3n) is 4.18. The summed E-state index contributed by atoms with van der Waals surface area (Å²) in [5.74, 6) is -7.68. The number of ether oxygens (including phenoxy) is 1. The van der Waals surface area contributed by atoms with Gasteiger partial charge in [0.15, 0.2) is 21.4 Å². The summed E-state index contributed by atoms with van der Waals surface area (Å²) in [6.07, 6.45) is 2.54. The molecule has 3 rings (SSSR count). The van der Waals surface area contributed by atoms with Crippen LogP contribution in [0.4, 0.5) is 13.2 Å². The van der Waals surface area contributed by atoms with Crippen molar-refractivity contribution in [2.75, 3.05) is 6.26 Å². The molecule has 0 aromatic heterocycles. The molecule has 0 aliphatic heterocycles. The van der Waals surface area contributed by atoms with Gasteiger partial charge in [-0.2, -0.15) is 14.0 Å². The first-order valence-electron chi connectivity index (χ1n) is 7.49. The summed E-state index contributed by atoms with van der Waals surface area (Å²) in [6, 6.07) is 3.66. The highest BCUT2D eigenvalue weighted by atomic mass is 32.2. The van der Waals surface area contributed by atoms with Crippen LogP contribution in [-0.2, 0) is 22.7 Å². The molecule has 0 saturated carbocycles. The van der Waals surface area contributed by atoms with Gasteiger partial charge in [0.05, 0.1) is 4.90 Å². The number of phenolic OH excluding ortho intramolecular Hbond substituents is 1. The van der Waals surface area contributed by atoms with Gasteiger partial charge in [-0.15, -0.1) is 0 Å². The fourth-order valence-corrected chi connectivity index (χ4v) is 4.00. The maximum Gasteiger partial charge on any atom is 0.211 e. The lowest BCUT2D eigenvalue weighted by Crippen LogP contribution is -2.05. The lowest BCUT2D eigenvalue weighted by Gasteiger charge is -2.15. The van der Waals surface area contributed by atoms with Crippen molar-refractivity contribution in [1.29, 1.82) is 5.26 Å². The van der Waals surface area contributed by atoms with E-state index in [1.54, 1.807) is 0 Å². The number of rotatable bonds is 3. The summed E-state index contributed by atoms with van der Waals surface area (Å²) in [5.41, 5.74) is -0.217. The zero-order chi connectivity index (χ0) is 19.2. The quantitative estimate of drug-likeness (QED) is 0.821. The summed E-state index contributed by atoms with van der Waals surface area (Å²) < 4.78 is 71.0. The van der Waals surface area contributed by atoms with Crippen LogP contribution in [0.5, 0.6) is 17.2 Å². The second-order valence-corrected chi connectivity index (χ2v) is 7.84. The predicted octanol–water partition coefficient (Wildman–Crippen LogP) is 3.37. The second-order valence-electron chi connectivity index (χ2n) is 5.85. The molecule has 1 N–H and O–H groups in total. The van der Waals surface area contributed by atoms with Gasteiger partial charge < -0.3 is 9.84 Å². The Hall–Kier alpha value is -2.73. The average molecular weight is 383 g/mol. The molecule has 0 atom stereocenters. The van der Waals surface area contributed by atoms with Crippen molar-refractivity contribution in [3.05, 3.63) is 46.3 Å². The minimum Gasteiger partial charge on any atom is -0.504 e. The molecule has 136 valence electrons. The van der Waals surface area contributed by atoms with E-state index in [2.05, 4.69) is 0 Å². The van der Waals surface area contributed by atoms with Crippen molar-refractivity contribution in [2.24, 2.45) is 0 Å². The van der Waals surface area contributed by atoms with Crippen molar-refractivity contribution in [2.45, 2.75) is 24.2 Å². The molecule has 1 aliphatic rings. The van der Waals surface area contributed by atoms with Gasteiger partial charge in [0.25, 0.3) is 0 Å². The van der Waals surface area contributed by atoms with E-state index in [0.29, 0.717) is 30.4 Å². The molecule has 2 aromatic carbocycles. The van der Waals surface area contributed by atoms with Gasteiger partial charge in [-0.3, -0.25) is 0 Å². The van der Waals surface area contributed by atoms with Gasteiger partial charge >= 0.3 is 0 Å². The number of phenols is 1. The van der Waals surface area contributed by atoms with Crippen molar-refractivity contribution in [3.63, 3.8) is 0 Å². The van der Waals surface area contributed by atoms with Gasteiger partial charge in [-0.1, -0.05) is 0 Å². The molecule has 1 aliphatic carbocycles. The zero-order valence-corrected chi connectivity index (χ0v) is 14.3. The molecule has 0 fully saturated rings. The maximum absolute atomic E-state index is 14.2. The van der Waals surface area contributed by atoms with Gasteiger partial charge in [0, 0.05) is 6.26 Å². The van der Waals surface area contributed by atoms with Gasteiger partial charge in [0.2, 0.25) is 17.4 Å². The molecule has 5 nitrogen and oxygen atoms in total. The van der Waals surface area contributed by atoms with Crippen LogP contribution in [0.1, 0.15) is 23.1 Å². The highest BCUT2D eigenvalue weighted by molar-refractivity contribution is 7.90. The van der Waals surface area contributed by atoms with E-state index in [1.165, 1.54) is 18.2 Å². The first-order valence-corrected chi connectivity index (χ1v) is 9.38. The maximum atomic E-state index is 14.2. The van der Waals surface area contributed by atoms with Crippen LogP contribution in [0, 0.1) is 28.8 Å². The minimum atomic E-state index is -3.50. The molecule has 9 heteroatoms. The largest absolute Gasteiger partial charge is 0.504 e. The number of hydrogen-bond acceptors (Lipinski definition) is 5. The van der Waals surface area contributed by atoms with E-state index in [-0.39, 0.29) is 10.6 Å². The number of fused-ring (bicyclic) bond motifs is 1. The van der Waals surface area contributed by atoms with Gasteiger partial charge in [-0.25, -0.2) is 12.8 Å². The summed E-state index contributed by atoms with van der Waals surface area (Å²) in [7, 11) is -3.50. The van der Waals surface area contributed by atoms with E-state index in [1.807, 2.05) is 0 Å². The van der Waals surface area contributed by atoms with Crippen LogP contribution in [0.3, 0.4) is 0 Å². The molecule has 2 aromatic rings. The Labute approximate surface area is 147 Å². The number of benzene rings is 2. The Morgan fingerprint density at radius 3 is 2.38 bits per heavy atom. The number of aromatic hydroxyl groups is 1. The SMILES string of the molecule is CS(=O)(=O)c1ccc(Oc2c(F)c(O)c(C#N)c(F)c2F)c2c1CCC2. The molecule has 0 radical (unpaired) electrons. The van der Waals surface area contributed by atoms with E-state index in [9.17, 15) is 26.7 Å². The van der Waals surface area contributed by atoms with Crippen molar-refractivity contribution in [1.82, 2.24) is 0 Å². The van der Waals surface area contributed by atoms with E-state index >= 15 is 0 Å². The lowest BCUT2D eigenvalue weighted by atomic mass is 10.1. The van der Waals surface area contributed by atoms with Crippen LogP contribution in [0.2, 0.25) is 0 Å². The molecular formula is C17H12F3NO4S. The summed E-state index contributed by atoms with van der Waals surface area (Å²) in [5, 5.41) is 18.2. The van der Waals surface area contributed by atoms with Crippen molar-refractivity contribution < 1.29 is 31.4 Å². The third-order valence-corrected chi connectivity index (χ3v) is 5.36. The Balaban J connectivity index is 2.16. The smallest absolute Gasteiger partial charge is 0.211 e. The zero-order valence-electron chi connectivity index (χ0n) is 13.4. The predicted molar refractivity (Wildman–Crippen MR) is 84.3 cm³/mol. The van der Waals surface area contributed by atoms with Crippen LogP contribution in [0.15, 0.2) is 17.0 Å². The van der Waals surface area contributed by atoms with Crippen LogP contribution < -0.4 is 4.74 Å². The fourth-order valence-electron chi connectivity index (χ4n) is 3.01. The highest BCUT2D eigenvalue weighted by Crippen LogP contribution is 2.41. The highest BCUT2D eigenvalue weighted by Gasteiger charge is 2.29. The monoisotopic (exact) mass is 383 g/mol. The lowest BCUT2D eigenvalue weighted by molar-refractivity contribution is 0.354. The number of hydrogen-bond donors (Lipinski definition) is 1. The summed E-state index contributed by atoms with van der Waals surface area (Å²) in [6.45, 7) is 0. The minimum absolute atomic E-state index is 0.0359. The summed E-state index contributed by atoms with van der Waals surface area (Å²) in [4.78, 5) is 0.104. The molecule has 0 spiro atoms. The third kappa shape index (κ3) is 2.76. The van der Waals surface area contributed by atoms with E-state index in [0.717, 1.165) is 6.26 Å². The Kier molecular flexibility index (Phi) is 4.32. The number of nitriles is 1. The first kappa shape index (κ1) is 18.1. The number of halogens is 3. The molecule has 0 heterocycles. The molecule has 26 heavy (non-hydrogen) atoms. The first-order chi connectivity index (χ1) is 12.2. The Morgan fingerprint density at radius 2 is 1.77 bits per heavy atom. The van der Waals surface area contributed by atoms with Crippen LogP contribution >= 0.6 is 0 Å². The van der Waals surface area contributed by atoms with Crippen LogP contribution in [-0.4, -0.2) is 19.8 Å². The standard InChI is InChI=1S/C17H12F3NO4S/c1-26(23,24)12-6-5-11(8-3-2-4-9(8)12)25-17-14(19)13(18)10(7-21)16(22)15(17)20/h5-6,22H,2-4H2,1H3. The van der Waals surface area contributed by atoms with Crippen molar-refractivity contribution in [3.8, 4) is 23.3 Å². The van der Waals surface area contributed by atoms with Gasteiger partial charge in [-0.05, 0) is 42.5 Å². The summed E-state index contributed by atoms with van der Waals surface area (Å²) >= 11 is 0. The topological polar surface area (TPSA) is 87.4 Å². The molecule has 0 saturated heterocycles. The second kappa shape index (κ2) is 6.21. The van der Waals surface area contributed by atoms with Crippen LogP contribution in [0.25, 0.3) is 0 Å². The normalized spacial score (nSPS) is 13.3. The van der Waals surface area contributed by atoms with E-state index in [4.69, 9.17) is 10.00 Å². The number of sulfone groups is 1. The molecule has 0 amide bonds. The number of nitrogens with zero attached hydrogens (tertiary/aromatic N) is 1. The average Bonchev–Trinajstić information content (AvgIpc) is 3.06. The molecule has 0 unspecified atom stereocenters. The Morgan fingerprint density at radius 1 is 1.12 bits per heavy atom. The van der Waals surface area contributed by atoms with E-state index < -0.39 is 44.4 Å². The molecular weight excluding hydrogens is 371 g/mol.